The zero-order valence-electron chi connectivity index (χ0n) is 11.5. The van der Waals surface area contributed by atoms with Gasteiger partial charge in [0.05, 0.1) is 16.8 Å². The molecule has 2 amide bonds. The van der Waals surface area contributed by atoms with E-state index in [1.54, 1.807) is 24.3 Å². The largest absolute Gasteiger partial charge is 0.308 e. The Bertz CT molecular complexity index is 470. The van der Waals surface area contributed by atoms with E-state index in [9.17, 15) is 9.59 Å². The van der Waals surface area contributed by atoms with Crippen molar-refractivity contribution in [2.45, 2.75) is 45.2 Å². The van der Waals surface area contributed by atoms with Crippen molar-refractivity contribution in [2.24, 2.45) is 5.73 Å². The van der Waals surface area contributed by atoms with Crippen molar-refractivity contribution in [2.75, 3.05) is 0 Å². The molecule has 0 aromatic heterocycles. The minimum Gasteiger partial charge on any atom is -0.308 e. The zero-order valence-corrected chi connectivity index (χ0v) is 11.5. The number of hydrogen-bond donors (Lipinski definition) is 1. The molecular weight excluding hydrogens is 240 g/mol. The summed E-state index contributed by atoms with van der Waals surface area (Å²) in [7, 11) is 0. The summed E-state index contributed by atoms with van der Waals surface area (Å²) in [5, 5.41) is 0. The first-order valence-electron chi connectivity index (χ1n) is 6.82. The average Bonchev–Trinajstić information content (AvgIpc) is 2.64. The lowest BCUT2D eigenvalue weighted by atomic mass is 9.97. The Balaban J connectivity index is 2.42. The molecule has 1 aromatic rings. The lowest BCUT2D eigenvalue weighted by Crippen LogP contribution is -2.58. The Morgan fingerprint density at radius 1 is 1.00 bits per heavy atom. The number of amides is 2. The van der Waals surface area contributed by atoms with Crippen molar-refractivity contribution < 1.29 is 9.59 Å². The van der Waals surface area contributed by atoms with Gasteiger partial charge in [0.1, 0.15) is 0 Å². The first kappa shape index (κ1) is 13.7. The number of benzene rings is 1. The number of nitrogens with two attached hydrogens (primary N) is 1. The SMILES string of the molecule is CCCC(N)(CCC)N1C(=O)c2ccccc2C1=O. The number of nitrogens with zero attached hydrogens (tertiary/aromatic N) is 1. The summed E-state index contributed by atoms with van der Waals surface area (Å²) in [5.74, 6) is -0.519. The van der Waals surface area contributed by atoms with Crippen LogP contribution in [-0.4, -0.2) is 22.4 Å². The summed E-state index contributed by atoms with van der Waals surface area (Å²) in [5.41, 5.74) is 6.44. The lowest BCUT2D eigenvalue weighted by Gasteiger charge is -2.37. The molecule has 0 atom stereocenters. The van der Waals surface area contributed by atoms with Gasteiger partial charge in [-0.2, -0.15) is 0 Å². The molecule has 1 heterocycles. The highest BCUT2D eigenvalue weighted by Gasteiger charge is 2.45. The molecule has 2 rings (SSSR count). The number of fused-ring (bicyclic) bond motifs is 1. The molecule has 0 bridgehead atoms. The molecule has 0 unspecified atom stereocenters. The number of imide groups is 1. The maximum absolute atomic E-state index is 12.4. The Kier molecular flexibility index (Phi) is 3.71. The van der Waals surface area contributed by atoms with E-state index < -0.39 is 5.66 Å². The van der Waals surface area contributed by atoms with Crippen molar-refractivity contribution in [3.05, 3.63) is 35.4 Å². The zero-order chi connectivity index (χ0) is 14.0. The molecule has 102 valence electrons. The number of hydrogen-bond acceptors (Lipinski definition) is 3. The van der Waals surface area contributed by atoms with E-state index in [1.807, 2.05) is 13.8 Å². The Labute approximate surface area is 113 Å². The summed E-state index contributed by atoms with van der Waals surface area (Å²) in [6.45, 7) is 4.02. The van der Waals surface area contributed by atoms with Crippen molar-refractivity contribution >= 4 is 11.8 Å². The molecule has 2 N–H and O–H groups in total. The summed E-state index contributed by atoms with van der Waals surface area (Å²) < 4.78 is 0. The van der Waals surface area contributed by atoms with Crippen LogP contribution in [0.25, 0.3) is 0 Å². The van der Waals surface area contributed by atoms with E-state index in [1.165, 1.54) is 4.90 Å². The van der Waals surface area contributed by atoms with Crippen LogP contribution in [0.15, 0.2) is 24.3 Å². The van der Waals surface area contributed by atoms with Crippen LogP contribution in [0, 0.1) is 0 Å². The predicted molar refractivity (Wildman–Crippen MR) is 73.7 cm³/mol. The second-order valence-corrected chi connectivity index (χ2v) is 5.09. The van der Waals surface area contributed by atoms with Gasteiger partial charge in [0, 0.05) is 0 Å². The first-order chi connectivity index (χ1) is 9.05. The topological polar surface area (TPSA) is 63.4 Å². The summed E-state index contributed by atoms with van der Waals surface area (Å²) in [6, 6.07) is 6.92. The highest BCUT2D eigenvalue weighted by Crippen LogP contribution is 2.31. The summed E-state index contributed by atoms with van der Waals surface area (Å²) in [4.78, 5) is 26.1. The maximum Gasteiger partial charge on any atom is 0.263 e. The molecule has 0 spiro atoms. The Morgan fingerprint density at radius 3 is 1.79 bits per heavy atom. The Morgan fingerprint density at radius 2 is 1.42 bits per heavy atom. The fraction of sp³-hybridized carbons (Fsp3) is 0.467. The highest BCUT2D eigenvalue weighted by molar-refractivity contribution is 6.21. The van der Waals surface area contributed by atoms with Crippen LogP contribution >= 0.6 is 0 Å². The molecule has 0 fully saturated rings. The van der Waals surface area contributed by atoms with Crippen LogP contribution in [0.1, 0.15) is 60.2 Å². The molecule has 0 saturated heterocycles. The van der Waals surface area contributed by atoms with Crippen LogP contribution in [0.3, 0.4) is 0 Å². The third-order valence-corrected chi connectivity index (χ3v) is 3.61. The number of carbonyl (C=O) groups is 2. The van der Waals surface area contributed by atoms with Crippen LogP contribution in [0.2, 0.25) is 0 Å². The van der Waals surface area contributed by atoms with Crippen LogP contribution in [0.5, 0.6) is 0 Å². The molecule has 1 aromatic carbocycles. The minimum absolute atomic E-state index is 0.259. The van der Waals surface area contributed by atoms with E-state index >= 15 is 0 Å². The second-order valence-electron chi connectivity index (χ2n) is 5.09. The molecule has 0 saturated carbocycles. The third kappa shape index (κ3) is 2.16. The summed E-state index contributed by atoms with van der Waals surface area (Å²) >= 11 is 0. The monoisotopic (exact) mass is 260 g/mol. The molecule has 4 nitrogen and oxygen atoms in total. The van der Waals surface area contributed by atoms with Gasteiger partial charge < -0.3 is 5.73 Å². The molecule has 1 aliphatic heterocycles. The van der Waals surface area contributed by atoms with Gasteiger partial charge in [0.25, 0.3) is 11.8 Å². The van der Waals surface area contributed by atoms with Gasteiger partial charge in [-0.05, 0) is 25.0 Å². The molecular formula is C15H20N2O2. The molecule has 1 aliphatic rings. The molecule has 0 aliphatic carbocycles. The molecule has 19 heavy (non-hydrogen) atoms. The first-order valence-corrected chi connectivity index (χ1v) is 6.82. The van der Waals surface area contributed by atoms with E-state index in [2.05, 4.69) is 0 Å². The van der Waals surface area contributed by atoms with Gasteiger partial charge in [-0.3, -0.25) is 14.5 Å². The van der Waals surface area contributed by atoms with Gasteiger partial charge in [-0.15, -0.1) is 0 Å². The van der Waals surface area contributed by atoms with Crippen molar-refractivity contribution in [3.8, 4) is 0 Å². The van der Waals surface area contributed by atoms with Gasteiger partial charge in [-0.1, -0.05) is 38.8 Å². The highest BCUT2D eigenvalue weighted by atomic mass is 16.2. The lowest BCUT2D eigenvalue weighted by molar-refractivity contribution is 0.0387. The normalized spacial score (nSPS) is 15.0. The van der Waals surface area contributed by atoms with E-state index in [4.69, 9.17) is 5.73 Å². The summed E-state index contributed by atoms with van der Waals surface area (Å²) in [6.07, 6.45) is 2.94. The van der Waals surface area contributed by atoms with Gasteiger partial charge in [-0.25, -0.2) is 0 Å². The third-order valence-electron chi connectivity index (χ3n) is 3.61. The van der Waals surface area contributed by atoms with Gasteiger partial charge in [0.15, 0.2) is 0 Å². The van der Waals surface area contributed by atoms with E-state index in [0.717, 1.165) is 12.8 Å². The van der Waals surface area contributed by atoms with Crippen LogP contribution in [0.4, 0.5) is 0 Å². The van der Waals surface area contributed by atoms with Crippen LogP contribution in [-0.2, 0) is 0 Å². The maximum atomic E-state index is 12.4. The fourth-order valence-electron chi connectivity index (χ4n) is 2.81. The standard InChI is InChI=1S/C15H20N2O2/c1-3-9-15(16,10-4-2)17-13(18)11-7-5-6-8-12(11)14(17)19/h5-8H,3-4,9-10,16H2,1-2H3. The number of rotatable bonds is 5. The van der Waals surface area contributed by atoms with Crippen molar-refractivity contribution in [1.82, 2.24) is 4.90 Å². The van der Waals surface area contributed by atoms with Crippen molar-refractivity contribution in [1.29, 1.82) is 0 Å². The Hall–Kier alpha value is -1.68. The molecule has 0 radical (unpaired) electrons. The number of carbonyl (C=O) groups excluding carboxylic acids is 2. The predicted octanol–water partition coefficient (Wildman–Crippen LogP) is 2.54. The minimum atomic E-state index is -0.864. The van der Waals surface area contributed by atoms with Gasteiger partial charge in [0.2, 0.25) is 0 Å². The second kappa shape index (κ2) is 5.13. The fourth-order valence-corrected chi connectivity index (χ4v) is 2.81. The van der Waals surface area contributed by atoms with Crippen molar-refractivity contribution in [3.63, 3.8) is 0 Å². The van der Waals surface area contributed by atoms with Crippen LogP contribution < -0.4 is 5.73 Å². The smallest absolute Gasteiger partial charge is 0.263 e. The quantitative estimate of drug-likeness (QED) is 0.827. The van der Waals surface area contributed by atoms with E-state index in [-0.39, 0.29) is 11.8 Å². The molecule has 4 heteroatoms. The average molecular weight is 260 g/mol. The van der Waals surface area contributed by atoms with Gasteiger partial charge >= 0.3 is 0 Å². The van der Waals surface area contributed by atoms with E-state index in [0.29, 0.717) is 24.0 Å².